The average molecular weight is 370 g/mol. The minimum Gasteiger partial charge on any atom is -0.268 e. The fourth-order valence-corrected chi connectivity index (χ4v) is 4.39. The van der Waals surface area contributed by atoms with Gasteiger partial charge >= 0.3 is 0 Å². The summed E-state index contributed by atoms with van der Waals surface area (Å²) in [6, 6.07) is 15.0. The Kier molecular flexibility index (Phi) is 5.09. The van der Waals surface area contributed by atoms with E-state index in [-0.39, 0.29) is 18.2 Å². The van der Waals surface area contributed by atoms with Crippen LogP contribution in [0.4, 0.5) is 0 Å². The molecule has 1 aliphatic rings. The molecule has 1 aliphatic heterocycles. The van der Waals surface area contributed by atoms with Crippen molar-refractivity contribution in [1.82, 2.24) is 4.31 Å². The molecule has 3 atom stereocenters. The Morgan fingerprint density at radius 3 is 2.35 bits per heavy atom. The molecule has 122 valence electrons. The van der Waals surface area contributed by atoms with Crippen LogP contribution in [0, 0.1) is 0 Å². The summed E-state index contributed by atoms with van der Waals surface area (Å²) >= 11 is 10.6. The lowest BCUT2D eigenvalue weighted by atomic mass is 9.95. The van der Waals surface area contributed by atoms with Gasteiger partial charge in [0.05, 0.1) is 6.04 Å². The van der Waals surface area contributed by atoms with Crippen molar-refractivity contribution in [2.24, 2.45) is 0 Å². The van der Waals surface area contributed by atoms with Gasteiger partial charge in [-0.15, -0.1) is 0 Å². The predicted octanol–water partition coefficient (Wildman–Crippen LogP) is 5.10. The molecule has 3 unspecified atom stereocenters. The summed E-state index contributed by atoms with van der Waals surface area (Å²) in [5.74, 6) is 0. The van der Waals surface area contributed by atoms with E-state index >= 15 is 0 Å². The number of nitrogens with zero attached hydrogens (tertiary/aromatic N) is 1. The van der Waals surface area contributed by atoms with Gasteiger partial charge in [-0.05, 0) is 49.2 Å². The third kappa shape index (κ3) is 3.47. The maximum Gasteiger partial charge on any atom is 0.238 e. The molecule has 1 heterocycles. The van der Waals surface area contributed by atoms with Crippen molar-refractivity contribution >= 4 is 34.5 Å². The number of benzene rings is 2. The zero-order chi connectivity index (χ0) is 16.6. The third-order valence-corrected chi connectivity index (χ3v) is 5.67. The number of rotatable bonds is 3. The molecule has 0 radical (unpaired) electrons. The fraction of sp³-hybridized carbons (Fsp3) is 0.294. The molecule has 0 spiro atoms. The summed E-state index contributed by atoms with van der Waals surface area (Å²) in [6.07, 6.45) is -0.349. The molecule has 2 aromatic carbocycles. The van der Waals surface area contributed by atoms with E-state index in [9.17, 15) is 4.21 Å². The van der Waals surface area contributed by atoms with Crippen molar-refractivity contribution in [2.45, 2.75) is 32.0 Å². The first-order chi connectivity index (χ1) is 11.0. The Balaban J connectivity index is 2.06. The van der Waals surface area contributed by atoms with E-state index in [1.807, 2.05) is 66.7 Å². The first-order valence-electron chi connectivity index (χ1n) is 7.35. The topological polar surface area (TPSA) is 29.5 Å². The minimum absolute atomic E-state index is 0.0701. The summed E-state index contributed by atoms with van der Waals surface area (Å²) in [5.41, 5.74) is 1.92. The van der Waals surface area contributed by atoms with Crippen molar-refractivity contribution in [1.29, 1.82) is 0 Å². The van der Waals surface area contributed by atoms with Gasteiger partial charge in [-0.2, -0.15) is 4.31 Å². The van der Waals surface area contributed by atoms with Crippen LogP contribution in [0.5, 0.6) is 0 Å². The summed E-state index contributed by atoms with van der Waals surface area (Å²) in [5, 5.41) is 1.30. The van der Waals surface area contributed by atoms with Crippen LogP contribution < -0.4 is 0 Å². The van der Waals surface area contributed by atoms with E-state index in [2.05, 4.69) is 0 Å². The number of halogens is 2. The second-order valence-electron chi connectivity index (χ2n) is 5.74. The maximum absolute atomic E-state index is 12.5. The molecule has 2 aromatic rings. The van der Waals surface area contributed by atoms with Crippen LogP contribution in [-0.2, 0) is 15.4 Å². The van der Waals surface area contributed by atoms with Gasteiger partial charge in [0.25, 0.3) is 0 Å². The lowest BCUT2D eigenvalue weighted by Crippen LogP contribution is -2.32. The van der Waals surface area contributed by atoms with Gasteiger partial charge in [-0.25, -0.2) is 4.21 Å². The van der Waals surface area contributed by atoms with Crippen LogP contribution in [0.2, 0.25) is 10.0 Å². The van der Waals surface area contributed by atoms with Gasteiger partial charge in [-0.1, -0.05) is 47.5 Å². The van der Waals surface area contributed by atoms with Crippen LogP contribution >= 0.6 is 23.2 Å². The Morgan fingerprint density at radius 2 is 1.74 bits per heavy atom. The van der Waals surface area contributed by atoms with E-state index in [4.69, 9.17) is 27.4 Å². The van der Waals surface area contributed by atoms with Gasteiger partial charge in [0.15, 0.2) is 0 Å². The fourth-order valence-electron chi connectivity index (χ4n) is 2.81. The normalized spacial score (nSPS) is 25.2. The van der Waals surface area contributed by atoms with E-state index in [1.54, 1.807) is 0 Å². The lowest BCUT2D eigenvalue weighted by molar-refractivity contribution is 0.189. The summed E-state index contributed by atoms with van der Waals surface area (Å²) in [7, 11) is 0. The van der Waals surface area contributed by atoms with Gasteiger partial charge in [0, 0.05) is 16.1 Å². The molecule has 23 heavy (non-hydrogen) atoms. The van der Waals surface area contributed by atoms with Crippen LogP contribution in [0.1, 0.15) is 37.1 Å². The van der Waals surface area contributed by atoms with Crippen LogP contribution in [0.25, 0.3) is 0 Å². The molecule has 1 fully saturated rings. The smallest absolute Gasteiger partial charge is 0.238 e. The third-order valence-electron chi connectivity index (χ3n) is 3.82. The quantitative estimate of drug-likeness (QED) is 0.753. The van der Waals surface area contributed by atoms with Crippen LogP contribution in [-0.4, -0.2) is 14.6 Å². The second-order valence-corrected chi connectivity index (χ2v) is 7.66. The SMILES string of the molecule is CC(C)N1C(c2ccc(Cl)cc2)C(c2cccc(Cl)c2)OS1=O. The highest BCUT2D eigenvalue weighted by atomic mass is 35.5. The second kappa shape index (κ2) is 6.91. The molecule has 0 saturated carbocycles. The highest BCUT2D eigenvalue weighted by Crippen LogP contribution is 2.45. The standard InChI is InChI=1S/C17H17Cl2NO2S/c1-11(2)20-16(12-6-8-14(18)9-7-12)17(22-23(20)21)13-4-3-5-15(19)10-13/h3-11,16-17H,1-2H3. The van der Waals surface area contributed by atoms with Crippen LogP contribution in [0.3, 0.4) is 0 Å². The number of hydrogen-bond donors (Lipinski definition) is 0. The highest BCUT2D eigenvalue weighted by molar-refractivity contribution is 7.78. The first kappa shape index (κ1) is 16.9. The van der Waals surface area contributed by atoms with Gasteiger partial charge in [0.1, 0.15) is 6.10 Å². The van der Waals surface area contributed by atoms with Crippen molar-refractivity contribution < 1.29 is 8.39 Å². The van der Waals surface area contributed by atoms with E-state index < -0.39 is 11.3 Å². The Bertz CT molecular complexity index is 721. The zero-order valence-corrected chi connectivity index (χ0v) is 15.1. The van der Waals surface area contributed by atoms with Gasteiger partial charge in [-0.3, -0.25) is 4.18 Å². The Morgan fingerprint density at radius 1 is 1.04 bits per heavy atom. The predicted molar refractivity (Wildman–Crippen MR) is 94.6 cm³/mol. The molecule has 3 rings (SSSR count). The van der Waals surface area contributed by atoms with Crippen molar-refractivity contribution in [3.05, 3.63) is 69.7 Å². The minimum atomic E-state index is -1.51. The molecular weight excluding hydrogens is 353 g/mol. The van der Waals surface area contributed by atoms with Crippen molar-refractivity contribution in [3.8, 4) is 0 Å². The molecule has 0 N–H and O–H groups in total. The molecule has 0 aromatic heterocycles. The molecule has 6 heteroatoms. The molecule has 0 amide bonds. The highest BCUT2D eigenvalue weighted by Gasteiger charge is 2.44. The first-order valence-corrected chi connectivity index (χ1v) is 9.14. The monoisotopic (exact) mass is 369 g/mol. The lowest BCUT2D eigenvalue weighted by Gasteiger charge is -2.27. The molecule has 0 aliphatic carbocycles. The molecule has 0 bridgehead atoms. The average Bonchev–Trinajstić information content (AvgIpc) is 2.85. The number of hydrogen-bond acceptors (Lipinski definition) is 2. The summed E-state index contributed by atoms with van der Waals surface area (Å²) in [4.78, 5) is 0. The molecular formula is C17H17Cl2NO2S. The van der Waals surface area contributed by atoms with Gasteiger partial charge in [0.2, 0.25) is 11.3 Å². The van der Waals surface area contributed by atoms with Crippen molar-refractivity contribution in [3.63, 3.8) is 0 Å². The molecule has 3 nitrogen and oxygen atoms in total. The van der Waals surface area contributed by atoms with Crippen molar-refractivity contribution in [2.75, 3.05) is 0 Å². The van der Waals surface area contributed by atoms with E-state index in [0.717, 1.165) is 11.1 Å². The largest absolute Gasteiger partial charge is 0.268 e. The van der Waals surface area contributed by atoms with E-state index in [1.165, 1.54) is 0 Å². The zero-order valence-electron chi connectivity index (χ0n) is 12.8. The Hall–Kier alpha value is -0.910. The Labute approximate surface area is 149 Å². The van der Waals surface area contributed by atoms with E-state index in [0.29, 0.717) is 10.0 Å². The van der Waals surface area contributed by atoms with Gasteiger partial charge < -0.3 is 0 Å². The summed E-state index contributed by atoms with van der Waals surface area (Å²) in [6.45, 7) is 4.01. The molecule has 1 saturated heterocycles. The van der Waals surface area contributed by atoms with Crippen LogP contribution in [0.15, 0.2) is 48.5 Å². The maximum atomic E-state index is 12.5. The summed E-state index contributed by atoms with van der Waals surface area (Å²) < 4.78 is 20.1.